The molecule has 0 saturated carbocycles. The molecule has 2 amide bonds. The molecule has 0 aliphatic heterocycles. The summed E-state index contributed by atoms with van der Waals surface area (Å²) in [5, 5.41) is 23.1. The van der Waals surface area contributed by atoms with Crippen molar-refractivity contribution in [3.63, 3.8) is 0 Å². The van der Waals surface area contributed by atoms with Crippen LogP contribution in [0.1, 0.15) is 48.4 Å². The highest BCUT2D eigenvalue weighted by atomic mass is 16.4. The van der Waals surface area contributed by atoms with Crippen molar-refractivity contribution < 1.29 is 29.4 Å². The molecule has 2 unspecified atom stereocenters. The molecule has 8 nitrogen and oxygen atoms in total. The van der Waals surface area contributed by atoms with Gasteiger partial charge in [-0.25, -0.2) is 9.59 Å². The number of hydrogen-bond donors (Lipinski definition) is 4. The van der Waals surface area contributed by atoms with Crippen LogP contribution in [0.4, 0.5) is 0 Å². The Morgan fingerprint density at radius 2 is 1.12 bits per heavy atom. The summed E-state index contributed by atoms with van der Waals surface area (Å²) in [6, 6.07) is 3.54. The maximum absolute atomic E-state index is 12.3. The van der Waals surface area contributed by atoms with Crippen LogP contribution in [0, 0.1) is 11.8 Å². The van der Waals surface area contributed by atoms with Gasteiger partial charge in [-0.1, -0.05) is 33.8 Å². The van der Waals surface area contributed by atoms with Crippen molar-refractivity contribution in [3.05, 3.63) is 35.4 Å². The van der Waals surface area contributed by atoms with Crippen molar-refractivity contribution in [2.24, 2.45) is 11.8 Å². The molecular formula is C18H24N2O6. The molecule has 8 heteroatoms. The first-order valence-electron chi connectivity index (χ1n) is 8.22. The number of carbonyl (C=O) groups is 4. The number of carboxylic acids is 2. The molecule has 0 heterocycles. The number of aliphatic carboxylic acids is 2. The molecule has 1 aromatic rings. The van der Waals surface area contributed by atoms with Crippen LogP contribution in [0.25, 0.3) is 0 Å². The molecule has 0 spiro atoms. The minimum absolute atomic E-state index is 0.112. The van der Waals surface area contributed by atoms with E-state index in [1.165, 1.54) is 24.3 Å². The number of carboxylic acid groups (broad SMARTS) is 2. The van der Waals surface area contributed by atoms with Crippen molar-refractivity contribution >= 4 is 23.8 Å². The molecular weight excluding hydrogens is 340 g/mol. The zero-order valence-electron chi connectivity index (χ0n) is 15.1. The topological polar surface area (TPSA) is 133 Å². The normalized spacial score (nSPS) is 13.2. The largest absolute Gasteiger partial charge is 0.480 e. The average Bonchev–Trinajstić information content (AvgIpc) is 2.55. The summed E-state index contributed by atoms with van der Waals surface area (Å²) in [7, 11) is 0. The summed E-state index contributed by atoms with van der Waals surface area (Å²) in [6.07, 6.45) is 0. The van der Waals surface area contributed by atoms with Crippen LogP contribution >= 0.6 is 0 Å². The van der Waals surface area contributed by atoms with E-state index in [1.807, 2.05) is 0 Å². The zero-order chi connectivity index (χ0) is 20.0. The lowest BCUT2D eigenvalue weighted by molar-refractivity contribution is -0.141. The summed E-state index contributed by atoms with van der Waals surface area (Å²) in [6.45, 7) is 6.67. The maximum atomic E-state index is 12.3. The number of nitrogens with one attached hydrogen (secondary N) is 2. The summed E-state index contributed by atoms with van der Waals surface area (Å²) >= 11 is 0. The summed E-state index contributed by atoms with van der Waals surface area (Å²) in [4.78, 5) is 46.9. The molecule has 26 heavy (non-hydrogen) atoms. The first kappa shape index (κ1) is 21.1. The second kappa shape index (κ2) is 8.98. The van der Waals surface area contributed by atoms with Gasteiger partial charge in [-0.05, 0) is 30.0 Å². The van der Waals surface area contributed by atoms with Gasteiger partial charge in [0.15, 0.2) is 0 Å². The fourth-order valence-corrected chi connectivity index (χ4v) is 2.28. The molecule has 2 atom stereocenters. The van der Waals surface area contributed by atoms with E-state index in [-0.39, 0.29) is 23.0 Å². The number of rotatable bonds is 8. The lowest BCUT2D eigenvalue weighted by Gasteiger charge is -2.19. The van der Waals surface area contributed by atoms with E-state index < -0.39 is 35.8 Å². The van der Waals surface area contributed by atoms with E-state index in [0.717, 1.165) is 0 Å². The van der Waals surface area contributed by atoms with Crippen LogP contribution in [-0.2, 0) is 9.59 Å². The van der Waals surface area contributed by atoms with Gasteiger partial charge in [0.1, 0.15) is 12.1 Å². The van der Waals surface area contributed by atoms with Crippen molar-refractivity contribution in [1.82, 2.24) is 10.6 Å². The van der Waals surface area contributed by atoms with E-state index in [2.05, 4.69) is 10.6 Å². The van der Waals surface area contributed by atoms with Crippen LogP contribution in [0.3, 0.4) is 0 Å². The number of carbonyl (C=O) groups excluding carboxylic acids is 2. The first-order chi connectivity index (χ1) is 12.0. The van der Waals surface area contributed by atoms with E-state index in [9.17, 15) is 19.2 Å². The highest BCUT2D eigenvalue weighted by Gasteiger charge is 2.26. The number of amides is 2. The molecule has 0 aliphatic rings. The van der Waals surface area contributed by atoms with E-state index in [4.69, 9.17) is 10.2 Å². The standard InChI is InChI=1S/C18H24N2O6/c1-9(2)13(17(23)24)19-15(21)11-6-5-7-12(8-11)16(22)20-14(10(3)4)18(25)26/h5-10,13-14H,1-4H3,(H,19,21)(H,20,22)(H,23,24)(H,25,26). The van der Waals surface area contributed by atoms with Gasteiger partial charge < -0.3 is 20.8 Å². The summed E-state index contributed by atoms with van der Waals surface area (Å²) in [5.74, 6) is -4.18. The Hall–Kier alpha value is -2.90. The molecule has 0 saturated heterocycles. The van der Waals surface area contributed by atoms with Gasteiger partial charge in [-0.15, -0.1) is 0 Å². The fraction of sp³-hybridized carbons (Fsp3) is 0.444. The Morgan fingerprint density at radius 1 is 0.769 bits per heavy atom. The fourth-order valence-electron chi connectivity index (χ4n) is 2.28. The SMILES string of the molecule is CC(C)C(NC(=O)c1cccc(C(=O)NC(C(=O)O)C(C)C)c1)C(=O)O. The van der Waals surface area contributed by atoms with Crippen molar-refractivity contribution in [3.8, 4) is 0 Å². The smallest absolute Gasteiger partial charge is 0.326 e. The predicted molar refractivity (Wildman–Crippen MR) is 93.9 cm³/mol. The van der Waals surface area contributed by atoms with Gasteiger partial charge in [0.2, 0.25) is 0 Å². The number of benzene rings is 1. The first-order valence-corrected chi connectivity index (χ1v) is 8.22. The Kier molecular flexibility index (Phi) is 7.30. The van der Waals surface area contributed by atoms with Gasteiger partial charge in [-0.2, -0.15) is 0 Å². The molecule has 0 fully saturated rings. The highest BCUT2D eigenvalue weighted by Crippen LogP contribution is 2.10. The molecule has 0 bridgehead atoms. The molecule has 0 aromatic heterocycles. The molecule has 0 aliphatic carbocycles. The monoisotopic (exact) mass is 364 g/mol. The molecule has 0 radical (unpaired) electrons. The minimum atomic E-state index is -1.15. The van der Waals surface area contributed by atoms with Crippen LogP contribution in [0.5, 0.6) is 0 Å². The van der Waals surface area contributed by atoms with Crippen molar-refractivity contribution in [1.29, 1.82) is 0 Å². The lowest BCUT2D eigenvalue weighted by Crippen LogP contribution is -2.45. The summed E-state index contributed by atoms with van der Waals surface area (Å²) in [5.41, 5.74) is 0.224. The minimum Gasteiger partial charge on any atom is -0.480 e. The Labute approximate surface area is 151 Å². The van der Waals surface area contributed by atoms with Gasteiger partial charge >= 0.3 is 11.9 Å². The Bertz CT molecular complexity index is 643. The lowest BCUT2D eigenvalue weighted by atomic mass is 10.0. The second-order valence-electron chi connectivity index (χ2n) is 6.65. The highest BCUT2D eigenvalue weighted by molar-refractivity contribution is 6.01. The van der Waals surface area contributed by atoms with E-state index in [0.29, 0.717) is 0 Å². The van der Waals surface area contributed by atoms with E-state index >= 15 is 0 Å². The van der Waals surface area contributed by atoms with Crippen LogP contribution in [0.15, 0.2) is 24.3 Å². The van der Waals surface area contributed by atoms with Gasteiger partial charge in [0, 0.05) is 11.1 Å². The van der Waals surface area contributed by atoms with Crippen LogP contribution in [0.2, 0.25) is 0 Å². The van der Waals surface area contributed by atoms with E-state index in [1.54, 1.807) is 27.7 Å². The molecule has 4 N–H and O–H groups in total. The predicted octanol–water partition coefficient (Wildman–Crippen LogP) is 1.36. The zero-order valence-corrected chi connectivity index (χ0v) is 15.1. The van der Waals surface area contributed by atoms with Crippen LogP contribution in [-0.4, -0.2) is 46.0 Å². The third-order valence-corrected chi connectivity index (χ3v) is 3.83. The third kappa shape index (κ3) is 5.58. The van der Waals surface area contributed by atoms with Gasteiger partial charge in [-0.3, -0.25) is 9.59 Å². The molecule has 1 rings (SSSR count). The van der Waals surface area contributed by atoms with Crippen LogP contribution < -0.4 is 10.6 Å². The maximum Gasteiger partial charge on any atom is 0.326 e. The van der Waals surface area contributed by atoms with Crippen molar-refractivity contribution in [2.75, 3.05) is 0 Å². The van der Waals surface area contributed by atoms with Gasteiger partial charge in [0.05, 0.1) is 0 Å². The quantitative estimate of drug-likeness (QED) is 0.550. The van der Waals surface area contributed by atoms with Crippen molar-refractivity contribution in [2.45, 2.75) is 39.8 Å². The molecule has 142 valence electrons. The van der Waals surface area contributed by atoms with Gasteiger partial charge in [0.25, 0.3) is 11.8 Å². The average molecular weight is 364 g/mol. The molecule has 1 aromatic carbocycles. The Balaban J connectivity index is 2.96. The second-order valence-corrected chi connectivity index (χ2v) is 6.65. The summed E-state index contributed by atoms with van der Waals surface area (Å²) < 4.78 is 0. The Morgan fingerprint density at radius 3 is 1.38 bits per heavy atom. The number of hydrogen-bond acceptors (Lipinski definition) is 4. The third-order valence-electron chi connectivity index (χ3n) is 3.83.